The quantitative estimate of drug-likeness (QED) is 0.602. The maximum atomic E-state index is 11.9. The molecule has 106 valence electrons. The Morgan fingerprint density at radius 3 is 3.05 bits per heavy atom. The van der Waals surface area contributed by atoms with Crippen LogP contribution < -0.4 is 5.32 Å². The minimum atomic E-state index is -0.333. The maximum Gasteiger partial charge on any atom is 0.410 e. The Morgan fingerprint density at radius 1 is 1.63 bits per heavy atom. The van der Waals surface area contributed by atoms with Crippen LogP contribution in [0.4, 0.5) is 4.79 Å². The molecular formula is C13H20N2O3S. The van der Waals surface area contributed by atoms with E-state index in [4.69, 9.17) is 4.74 Å². The first-order chi connectivity index (χ1) is 9.11. The molecule has 2 aliphatic heterocycles. The molecule has 0 aromatic carbocycles. The molecule has 0 bridgehead atoms. The van der Waals surface area contributed by atoms with Crippen LogP contribution in [0.1, 0.15) is 19.3 Å². The lowest BCUT2D eigenvalue weighted by Crippen LogP contribution is -2.38. The van der Waals surface area contributed by atoms with E-state index in [2.05, 4.69) is 24.5 Å². The molecule has 19 heavy (non-hydrogen) atoms. The summed E-state index contributed by atoms with van der Waals surface area (Å²) < 4.78 is 5.08. The highest BCUT2D eigenvalue weighted by Crippen LogP contribution is 2.29. The van der Waals surface area contributed by atoms with E-state index in [9.17, 15) is 9.59 Å². The van der Waals surface area contributed by atoms with Crippen LogP contribution in [0.15, 0.2) is 12.7 Å². The summed E-state index contributed by atoms with van der Waals surface area (Å²) in [6.07, 6.45) is 3.58. The molecule has 2 aliphatic rings. The van der Waals surface area contributed by atoms with Crippen LogP contribution in [0.5, 0.6) is 0 Å². The molecule has 0 radical (unpaired) electrons. The van der Waals surface area contributed by atoms with Gasteiger partial charge >= 0.3 is 6.09 Å². The van der Waals surface area contributed by atoms with Crippen molar-refractivity contribution >= 4 is 24.6 Å². The molecule has 2 rings (SSSR count). The fraction of sp³-hybridized carbons (Fsp3) is 0.692. The summed E-state index contributed by atoms with van der Waals surface area (Å²) >= 11 is 4.45. The Hall–Kier alpha value is -1.17. The molecule has 0 aromatic heterocycles. The van der Waals surface area contributed by atoms with E-state index in [0.717, 1.165) is 19.4 Å². The third-order valence-electron chi connectivity index (χ3n) is 3.67. The summed E-state index contributed by atoms with van der Waals surface area (Å²) in [5.41, 5.74) is 0. The summed E-state index contributed by atoms with van der Waals surface area (Å²) in [7, 11) is 0. The minimum Gasteiger partial charge on any atom is -0.445 e. The van der Waals surface area contributed by atoms with Gasteiger partial charge in [-0.25, -0.2) is 4.79 Å². The zero-order chi connectivity index (χ0) is 13.8. The highest BCUT2D eigenvalue weighted by molar-refractivity contribution is 7.81. The van der Waals surface area contributed by atoms with Crippen molar-refractivity contribution in [3.05, 3.63) is 12.7 Å². The first-order valence-corrected chi connectivity index (χ1v) is 7.13. The predicted molar refractivity (Wildman–Crippen MR) is 75.2 cm³/mol. The Bertz CT molecular complexity index is 375. The SMILES string of the molecule is C=CCOC(=O)N1CC(S)CC1CC1CCNC1=O. The Labute approximate surface area is 118 Å². The van der Waals surface area contributed by atoms with E-state index < -0.39 is 0 Å². The maximum absolute atomic E-state index is 11.9. The van der Waals surface area contributed by atoms with E-state index in [1.54, 1.807) is 11.0 Å². The van der Waals surface area contributed by atoms with Crippen LogP contribution in [0.25, 0.3) is 0 Å². The van der Waals surface area contributed by atoms with E-state index in [-0.39, 0.29) is 35.8 Å². The Morgan fingerprint density at radius 2 is 2.42 bits per heavy atom. The fourth-order valence-corrected chi connectivity index (χ4v) is 3.17. The number of carbonyl (C=O) groups excluding carboxylic acids is 2. The molecule has 5 nitrogen and oxygen atoms in total. The van der Waals surface area contributed by atoms with Gasteiger partial charge in [-0.2, -0.15) is 12.6 Å². The number of likely N-dealkylation sites (tertiary alicyclic amines) is 1. The molecule has 1 N–H and O–H groups in total. The lowest BCUT2D eigenvalue weighted by Gasteiger charge is -2.25. The van der Waals surface area contributed by atoms with Crippen LogP contribution >= 0.6 is 12.6 Å². The zero-order valence-electron chi connectivity index (χ0n) is 10.9. The van der Waals surface area contributed by atoms with Gasteiger partial charge < -0.3 is 15.0 Å². The predicted octanol–water partition coefficient (Wildman–Crippen LogP) is 1.21. The summed E-state index contributed by atoms with van der Waals surface area (Å²) in [5.74, 6) is 0.111. The first kappa shape index (κ1) is 14.2. The number of rotatable bonds is 4. The number of thiol groups is 1. The van der Waals surface area contributed by atoms with Gasteiger partial charge in [-0.1, -0.05) is 12.7 Å². The van der Waals surface area contributed by atoms with Gasteiger partial charge in [0.15, 0.2) is 0 Å². The highest BCUT2D eigenvalue weighted by Gasteiger charge is 2.38. The summed E-state index contributed by atoms with van der Waals surface area (Å²) in [5, 5.41) is 2.99. The first-order valence-electron chi connectivity index (χ1n) is 6.62. The van der Waals surface area contributed by atoms with Gasteiger partial charge in [0.2, 0.25) is 5.91 Å². The molecular weight excluding hydrogens is 264 g/mol. The molecule has 2 heterocycles. The van der Waals surface area contributed by atoms with Gasteiger partial charge in [0.25, 0.3) is 0 Å². The molecule has 0 saturated carbocycles. The van der Waals surface area contributed by atoms with Crippen LogP contribution in [0.2, 0.25) is 0 Å². The average Bonchev–Trinajstić information content (AvgIpc) is 2.94. The highest BCUT2D eigenvalue weighted by atomic mass is 32.1. The van der Waals surface area contributed by atoms with Crippen molar-refractivity contribution in [3.63, 3.8) is 0 Å². The molecule has 0 aromatic rings. The van der Waals surface area contributed by atoms with Crippen molar-refractivity contribution < 1.29 is 14.3 Å². The lowest BCUT2D eigenvalue weighted by atomic mass is 9.97. The van der Waals surface area contributed by atoms with Crippen molar-refractivity contribution in [1.29, 1.82) is 0 Å². The second-order valence-electron chi connectivity index (χ2n) is 5.07. The number of nitrogens with one attached hydrogen (secondary N) is 1. The largest absolute Gasteiger partial charge is 0.445 e. The monoisotopic (exact) mass is 284 g/mol. The van der Waals surface area contributed by atoms with E-state index >= 15 is 0 Å². The lowest BCUT2D eigenvalue weighted by molar-refractivity contribution is -0.122. The number of carbonyl (C=O) groups is 2. The number of nitrogens with zero attached hydrogens (tertiary/aromatic N) is 1. The standard InChI is InChI=1S/C13H20N2O3S/c1-2-5-18-13(17)15-8-11(19)7-10(15)6-9-3-4-14-12(9)16/h2,9-11,19H,1,3-8H2,(H,14,16). The van der Waals surface area contributed by atoms with Gasteiger partial charge in [-0.3, -0.25) is 4.79 Å². The van der Waals surface area contributed by atoms with Crippen molar-refractivity contribution in [2.75, 3.05) is 19.7 Å². The number of ether oxygens (including phenoxy) is 1. The molecule has 3 atom stereocenters. The average molecular weight is 284 g/mol. The molecule has 0 aliphatic carbocycles. The van der Waals surface area contributed by atoms with Crippen LogP contribution in [-0.2, 0) is 9.53 Å². The van der Waals surface area contributed by atoms with Gasteiger partial charge in [-0.15, -0.1) is 0 Å². The van der Waals surface area contributed by atoms with Gasteiger partial charge in [0.1, 0.15) is 6.61 Å². The molecule has 2 amide bonds. The van der Waals surface area contributed by atoms with Crippen molar-refractivity contribution in [3.8, 4) is 0 Å². The molecule has 6 heteroatoms. The third-order valence-corrected chi connectivity index (χ3v) is 4.05. The number of hydrogen-bond acceptors (Lipinski definition) is 4. The molecule has 2 saturated heterocycles. The van der Waals surface area contributed by atoms with Crippen molar-refractivity contribution in [1.82, 2.24) is 10.2 Å². The van der Waals surface area contributed by atoms with E-state index in [1.165, 1.54) is 0 Å². The topological polar surface area (TPSA) is 58.6 Å². The van der Waals surface area contributed by atoms with Crippen molar-refractivity contribution in [2.24, 2.45) is 5.92 Å². The van der Waals surface area contributed by atoms with Gasteiger partial charge in [0.05, 0.1) is 0 Å². The van der Waals surface area contributed by atoms with Crippen LogP contribution in [0, 0.1) is 5.92 Å². The molecule has 3 unspecified atom stereocenters. The summed E-state index contributed by atoms with van der Waals surface area (Å²) in [4.78, 5) is 25.3. The normalized spacial score (nSPS) is 30.3. The van der Waals surface area contributed by atoms with Crippen LogP contribution in [-0.4, -0.2) is 47.9 Å². The molecule has 0 spiro atoms. The second kappa shape index (κ2) is 6.32. The minimum absolute atomic E-state index is 0.0123. The Kier molecular flexibility index (Phi) is 4.74. The second-order valence-corrected chi connectivity index (χ2v) is 5.80. The van der Waals surface area contributed by atoms with E-state index in [0.29, 0.717) is 13.0 Å². The Balaban J connectivity index is 1.94. The van der Waals surface area contributed by atoms with Gasteiger partial charge in [0, 0.05) is 30.3 Å². The number of amides is 2. The van der Waals surface area contributed by atoms with Gasteiger partial charge in [-0.05, 0) is 19.3 Å². The van der Waals surface area contributed by atoms with Crippen LogP contribution in [0.3, 0.4) is 0 Å². The number of hydrogen-bond donors (Lipinski definition) is 2. The summed E-state index contributed by atoms with van der Waals surface area (Å²) in [6.45, 7) is 5.05. The fourth-order valence-electron chi connectivity index (χ4n) is 2.75. The smallest absolute Gasteiger partial charge is 0.410 e. The van der Waals surface area contributed by atoms with Crippen molar-refractivity contribution in [2.45, 2.75) is 30.6 Å². The van der Waals surface area contributed by atoms with E-state index in [1.807, 2.05) is 0 Å². The summed E-state index contributed by atoms with van der Waals surface area (Å²) in [6, 6.07) is 0.0497. The third kappa shape index (κ3) is 3.43. The zero-order valence-corrected chi connectivity index (χ0v) is 11.8. The molecule has 2 fully saturated rings.